The Hall–Kier alpha value is -4.75. The highest BCUT2D eigenvalue weighted by molar-refractivity contribution is 5.93. The van der Waals surface area contributed by atoms with Crippen LogP contribution >= 0.6 is 0 Å². The number of aryl methyl sites for hydroxylation is 1. The Kier molecular flexibility index (Phi) is 8.20. The first kappa shape index (κ1) is 32.6. The molecule has 46 heavy (non-hydrogen) atoms. The van der Waals surface area contributed by atoms with Crippen LogP contribution in [0.5, 0.6) is 5.75 Å². The van der Waals surface area contributed by atoms with Gasteiger partial charge in [0, 0.05) is 49.8 Å². The zero-order chi connectivity index (χ0) is 33.9. The minimum Gasteiger partial charge on any atom is -0.493 e. The number of halogens is 2. The summed E-state index contributed by atoms with van der Waals surface area (Å²) in [5.74, 6) is -3.42. The van der Waals surface area contributed by atoms with E-state index in [4.69, 9.17) is 18.9 Å². The highest BCUT2D eigenvalue weighted by Crippen LogP contribution is 2.43. The molecule has 0 N–H and O–H groups in total. The molecule has 2 aliphatic rings. The number of methoxy groups -OCH3 is 1. The lowest BCUT2D eigenvalue weighted by Crippen LogP contribution is -2.49. The molecule has 2 aliphatic heterocycles. The van der Waals surface area contributed by atoms with E-state index >= 15 is 0 Å². The number of carbonyl (C=O) groups is 3. The largest absolute Gasteiger partial charge is 0.493 e. The van der Waals surface area contributed by atoms with E-state index in [2.05, 4.69) is 4.98 Å². The maximum absolute atomic E-state index is 14.6. The lowest BCUT2D eigenvalue weighted by atomic mass is 9.85. The van der Waals surface area contributed by atoms with Crippen molar-refractivity contribution in [2.45, 2.75) is 65.4 Å². The molecule has 5 rings (SSSR count). The van der Waals surface area contributed by atoms with Crippen molar-refractivity contribution in [1.82, 2.24) is 19.4 Å². The molecule has 246 valence electrons. The van der Waals surface area contributed by atoms with E-state index in [1.807, 2.05) is 0 Å². The number of benzene rings is 1. The molecule has 0 radical (unpaired) electrons. The number of ether oxygens (including phenoxy) is 4. The Morgan fingerprint density at radius 3 is 2.35 bits per heavy atom. The van der Waals surface area contributed by atoms with Gasteiger partial charge in [-0.1, -0.05) is 6.92 Å². The van der Waals surface area contributed by atoms with Crippen LogP contribution in [0.3, 0.4) is 0 Å². The third kappa shape index (κ3) is 5.28. The SMILES string of the molecule is CC[C@@]1(OC(=O)N(C)CCN(C)C(=O)OC(C)(C)C)C(=O)OCc2c1cc1n(c2=O)Cc2c-1nc1cc(F)c(F)c(OC)c1c2C. The quantitative estimate of drug-likeness (QED) is 0.219. The monoisotopic (exact) mass is 642 g/mol. The molecule has 4 heterocycles. The topological polar surface area (TPSA) is 130 Å². The number of pyridine rings is 2. The third-order valence-corrected chi connectivity index (χ3v) is 8.32. The number of hydrogen-bond acceptors (Lipinski definition) is 9. The Balaban J connectivity index is 1.52. The summed E-state index contributed by atoms with van der Waals surface area (Å²) in [5.41, 5.74) is -0.910. The van der Waals surface area contributed by atoms with Gasteiger partial charge in [0.05, 0.1) is 36.1 Å². The second-order valence-corrected chi connectivity index (χ2v) is 12.4. The molecule has 0 fully saturated rings. The summed E-state index contributed by atoms with van der Waals surface area (Å²) < 4.78 is 52.3. The van der Waals surface area contributed by atoms with Gasteiger partial charge in [0.1, 0.15) is 12.2 Å². The predicted molar refractivity (Wildman–Crippen MR) is 161 cm³/mol. The molecule has 2 aromatic heterocycles. The number of nitrogens with zero attached hydrogens (tertiary/aromatic N) is 4. The van der Waals surface area contributed by atoms with Crippen molar-refractivity contribution in [1.29, 1.82) is 0 Å². The minimum atomic E-state index is -1.96. The first-order valence-corrected chi connectivity index (χ1v) is 14.7. The summed E-state index contributed by atoms with van der Waals surface area (Å²) >= 11 is 0. The first-order chi connectivity index (χ1) is 21.5. The minimum absolute atomic E-state index is 0.0490. The van der Waals surface area contributed by atoms with Crippen LogP contribution < -0.4 is 10.3 Å². The van der Waals surface area contributed by atoms with Crippen LogP contribution in [0.1, 0.15) is 56.4 Å². The van der Waals surface area contributed by atoms with Crippen molar-refractivity contribution < 1.29 is 42.1 Å². The Morgan fingerprint density at radius 1 is 1.09 bits per heavy atom. The molecular formula is C32H36F2N4O8. The van der Waals surface area contributed by atoms with E-state index in [9.17, 15) is 28.0 Å². The van der Waals surface area contributed by atoms with Crippen LogP contribution in [0, 0.1) is 18.6 Å². The van der Waals surface area contributed by atoms with Gasteiger partial charge >= 0.3 is 18.2 Å². The van der Waals surface area contributed by atoms with Gasteiger partial charge in [0.2, 0.25) is 11.4 Å². The van der Waals surface area contributed by atoms with Crippen LogP contribution in [0.15, 0.2) is 16.9 Å². The van der Waals surface area contributed by atoms with Crippen molar-refractivity contribution >= 4 is 29.1 Å². The van der Waals surface area contributed by atoms with Crippen molar-refractivity contribution in [3.63, 3.8) is 0 Å². The number of amides is 2. The normalized spacial score (nSPS) is 16.7. The van der Waals surface area contributed by atoms with Gasteiger partial charge in [0.25, 0.3) is 5.56 Å². The van der Waals surface area contributed by atoms with Gasteiger partial charge in [-0.2, -0.15) is 4.39 Å². The molecule has 0 bridgehead atoms. The summed E-state index contributed by atoms with van der Waals surface area (Å²) in [7, 11) is 4.21. The van der Waals surface area contributed by atoms with E-state index < -0.39 is 46.6 Å². The number of fused-ring (bicyclic) bond motifs is 5. The molecule has 0 aliphatic carbocycles. The summed E-state index contributed by atoms with van der Waals surface area (Å²) in [6.45, 7) is 8.46. The fourth-order valence-corrected chi connectivity index (χ4v) is 5.77. The van der Waals surface area contributed by atoms with E-state index in [-0.39, 0.29) is 60.4 Å². The van der Waals surface area contributed by atoms with Gasteiger partial charge in [-0.05, 0) is 45.7 Å². The molecule has 1 atom stereocenters. The number of carbonyl (C=O) groups excluding carboxylic acids is 3. The molecule has 0 saturated carbocycles. The van der Waals surface area contributed by atoms with Gasteiger partial charge < -0.3 is 33.3 Å². The second kappa shape index (κ2) is 11.6. The van der Waals surface area contributed by atoms with Crippen molar-refractivity contribution in [3.8, 4) is 17.1 Å². The Bertz CT molecular complexity index is 1850. The molecule has 12 nitrogen and oxygen atoms in total. The average Bonchev–Trinajstić information content (AvgIpc) is 3.36. The van der Waals surface area contributed by atoms with E-state index in [0.717, 1.165) is 6.07 Å². The summed E-state index contributed by atoms with van der Waals surface area (Å²) in [6, 6.07) is 2.54. The zero-order valence-corrected chi connectivity index (χ0v) is 27.0. The Labute approximate surface area is 263 Å². The van der Waals surface area contributed by atoms with Crippen LogP contribution in [-0.2, 0) is 37.8 Å². The fourth-order valence-electron chi connectivity index (χ4n) is 5.77. The molecule has 3 aromatic rings. The predicted octanol–water partition coefficient (Wildman–Crippen LogP) is 4.62. The van der Waals surface area contributed by atoms with Gasteiger partial charge in [0.15, 0.2) is 11.6 Å². The molecule has 2 amide bonds. The van der Waals surface area contributed by atoms with E-state index in [1.165, 1.54) is 35.6 Å². The lowest BCUT2D eigenvalue weighted by molar-refractivity contribution is -0.173. The van der Waals surface area contributed by atoms with Crippen LogP contribution in [0.25, 0.3) is 22.3 Å². The summed E-state index contributed by atoms with van der Waals surface area (Å²) in [4.78, 5) is 60.1. The molecule has 0 saturated heterocycles. The fraction of sp³-hybridized carbons (Fsp3) is 0.469. The average molecular weight is 643 g/mol. The van der Waals surface area contributed by atoms with Crippen LogP contribution in [0.4, 0.5) is 18.4 Å². The molecular weight excluding hydrogens is 606 g/mol. The number of esters is 1. The smallest absolute Gasteiger partial charge is 0.411 e. The molecule has 0 spiro atoms. The Morgan fingerprint density at radius 2 is 1.74 bits per heavy atom. The van der Waals surface area contributed by atoms with Gasteiger partial charge in [-0.15, -0.1) is 0 Å². The molecule has 0 unspecified atom stereocenters. The maximum atomic E-state index is 14.6. The first-order valence-electron chi connectivity index (χ1n) is 14.7. The number of aromatic nitrogens is 2. The summed E-state index contributed by atoms with van der Waals surface area (Å²) in [6.07, 6.45) is -1.51. The van der Waals surface area contributed by atoms with Crippen molar-refractivity contribution in [3.05, 3.63) is 56.4 Å². The zero-order valence-electron chi connectivity index (χ0n) is 27.0. The van der Waals surface area contributed by atoms with Gasteiger partial charge in [-0.25, -0.2) is 23.8 Å². The third-order valence-electron chi connectivity index (χ3n) is 8.32. The second-order valence-electron chi connectivity index (χ2n) is 12.4. The molecule has 1 aromatic carbocycles. The van der Waals surface area contributed by atoms with Crippen LogP contribution in [-0.4, -0.2) is 77.4 Å². The van der Waals surface area contributed by atoms with Crippen molar-refractivity contribution in [2.24, 2.45) is 0 Å². The van der Waals surface area contributed by atoms with E-state index in [0.29, 0.717) is 22.5 Å². The lowest BCUT2D eigenvalue weighted by Gasteiger charge is -2.36. The highest BCUT2D eigenvalue weighted by atomic mass is 19.2. The van der Waals surface area contributed by atoms with Gasteiger partial charge in [-0.3, -0.25) is 4.79 Å². The van der Waals surface area contributed by atoms with Crippen molar-refractivity contribution in [2.75, 3.05) is 34.3 Å². The van der Waals surface area contributed by atoms with Crippen LogP contribution in [0.2, 0.25) is 0 Å². The van der Waals surface area contributed by atoms with E-state index in [1.54, 1.807) is 40.7 Å². The number of likely N-dealkylation sites (N-methyl/N-ethyl adjacent to an activating group) is 2. The molecule has 14 heteroatoms. The number of hydrogen-bond donors (Lipinski definition) is 0. The number of rotatable bonds is 6. The summed E-state index contributed by atoms with van der Waals surface area (Å²) in [5, 5.41) is 0.279. The standard InChI is InChI=1S/C32H36F2N4O8/c1-9-32(46-30(42)37(7)11-10-36(6)29(41)45-31(3,4)5)19-12-22-25-17(14-38(22)27(39)18(19)15-44-28(32)40)16(2)23-21(35-25)13-20(33)24(34)26(23)43-8/h12-13H,9-11,14-15H2,1-8H3/t32-/m0/s1. The number of cyclic esters (lactones) is 1. The highest BCUT2D eigenvalue weighted by Gasteiger charge is 2.51. The maximum Gasteiger partial charge on any atom is 0.411 e.